The van der Waals surface area contributed by atoms with Crippen molar-refractivity contribution in [1.29, 1.82) is 0 Å². The summed E-state index contributed by atoms with van der Waals surface area (Å²) in [5, 5.41) is 0. The Labute approximate surface area is 126 Å². The fourth-order valence-electron chi connectivity index (χ4n) is 4.27. The second-order valence-corrected chi connectivity index (χ2v) is 6.78. The summed E-state index contributed by atoms with van der Waals surface area (Å²) >= 11 is 0. The molecule has 0 aromatic rings. The smallest absolute Gasteiger partial charge is 0.320 e. The van der Waals surface area contributed by atoms with Crippen LogP contribution in [0.15, 0.2) is 0 Å². The molecule has 6 nitrogen and oxygen atoms in total. The highest BCUT2D eigenvalue weighted by Crippen LogP contribution is 2.32. The molecule has 6 heteroatoms. The molecule has 5 rings (SSSR count). The van der Waals surface area contributed by atoms with Crippen molar-refractivity contribution in [1.82, 2.24) is 19.6 Å². The van der Waals surface area contributed by atoms with Crippen molar-refractivity contribution in [2.45, 2.75) is 31.5 Å². The van der Waals surface area contributed by atoms with Gasteiger partial charge in [-0.2, -0.15) is 0 Å². The van der Waals surface area contributed by atoms with Gasteiger partial charge in [-0.05, 0) is 13.0 Å². The van der Waals surface area contributed by atoms with Crippen LogP contribution in [-0.2, 0) is 4.74 Å². The maximum Gasteiger partial charge on any atom is 0.320 e. The first kappa shape index (κ1) is 13.8. The third kappa shape index (κ3) is 2.33. The summed E-state index contributed by atoms with van der Waals surface area (Å²) in [4.78, 5) is 21.8. The molecule has 2 atom stereocenters. The lowest BCUT2D eigenvalue weighted by molar-refractivity contribution is -0.0783. The highest BCUT2D eigenvalue weighted by molar-refractivity contribution is 5.75. The van der Waals surface area contributed by atoms with Gasteiger partial charge in [0.1, 0.15) is 0 Å². The van der Waals surface area contributed by atoms with Crippen molar-refractivity contribution in [3.05, 3.63) is 0 Å². The molecule has 5 fully saturated rings. The van der Waals surface area contributed by atoms with Gasteiger partial charge in [-0.3, -0.25) is 9.80 Å². The van der Waals surface area contributed by atoms with Crippen LogP contribution >= 0.6 is 0 Å². The molecule has 0 N–H and O–H groups in total. The third-order valence-corrected chi connectivity index (χ3v) is 5.70. The quantitative estimate of drug-likeness (QED) is 0.713. The van der Waals surface area contributed by atoms with E-state index in [0.717, 1.165) is 59.0 Å². The van der Waals surface area contributed by atoms with Crippen molar-refractivity contribution in [2.75, 3.05) is 59.0 Å². The first-order valence-corrected chi connectivity index (χ1v) is 8.37. The summed E-state index contributed by atoms with van der Waals surface area (Å²) in [6.45, 7) is 10.7. The number of hydrogen-bond acceptors (Lipinski definition) is 4. The van der Waals surface area contributed by atoms with Gasteiger partial charge in [0.2, 0.25) is 0 Å². The minimum Gasteiger partial charge on any atom is -0.378 e. The normalized spacial score (nSPS) is 34.5. The minimum absolute atomic E-state index is 0.268. The van der Waals surface area contributed by atoms with Crippen molar-refractivity contribution < 1.29 is 9.53 Å². The van der Waals surface area contributed by atoms with Crippen LogP contribution in [0.25, 0.3) is 0 Å². The number of carbonyl (C=O) groups is 1. The van der Waals surface area contributed by atoms with Gasteiger partial charge in [-0.1, -0.05) is 6.92 Å². The highest BCUT2D eigenvalue weighted by Gasteiger charge is 2.45. The van der Waals surface area contributed by atoms with Crippen LogP contribution in [0.1, 0.15) is 13.3 Å². The number of carbonyl (C=O) groups excluding carboxylic acids is 1. The largest absolute Gasteiger partial charge is 0.378 e. The van der Waals surface area contributed by atoms with Crippen molar-refractivity contribution in [3.8, 4) is 0 Å². The molecule has 0 radical (unpaired) electrons. The van der Waals surface area contributed by atoms with Crippen LogP contribution in [0.4, 0.5) is 4.79 Å². The molecule has 5 saturated heterocycles. The summed E-state index contributed by atoms with van der Waals surface area (Å²) < 4.78 is 5.26. The van der Waals surface area contributed by atoms with E-state index in [4.69, 9.17) is 4.74 Å². The average Bonchev–Trinajstić information content (AvgIpc) is 2.46. The van der Waals surface area contributed by atoms with Crippen molar-refractivity contribution in [3.63, 3.8) is 0 Å². The summed E-state index contributed by atoms with van der Waals surface area (Å²) in [6, 6.07) is 2.10. The molecular formula is C15H26N4O2. The zero-order valence-electron chi connectivity index (χ0n) is 12.9. The Morgan fingerprint density at radius 2 is 1.67 bits per heavy atom. The molecule has 2 amide bonds. The van der Waals surface area contributed by atoms with E-state index < -0.39 is 0 Å². The zero-order chi connectivity index (χ0) is 14.4. The van der Waals surface area contributed by atoms with Crippen LogP contribution in [0.5, 0.6) is 0 Å². The maximum atomic E-state index is 12.7. The molecule has 0 spiro atoms. The molecule has 2 unspecified atom stereocenters. The summed E-state index contributed by atoms with van der Waals surface area (Å²) in [5.74, 6) is 0. The maximum absolute atomic E-state index is 12.7. The molecule has 21 heavy (non-hydrogen) atoms. The number of urea groups is 1. The predicted molar refractivity (Wildman–Crippen MR) is 79.3 cm³/mol. The van der Waals surface area contributed by atoms with E-state index in [2.05, 4.69) is 26.5 Å². The van der Waals surface area contributed by atoms with Gasteiger partial charge < -0.3 is 14.5 Å². The Morgan fingerprint density at radius 3 is 2.19 bits per heavy atom. The molecule has 5 aliphatic heterocycles. The molecular weight excluding hydrogens is 268 g/mol. The van der Waals surface area contributed by atoms with E-state index in [1.807, 2.05) is 0 Å². The molecule has 0 saturated carbocycles. The standard InChI is InChI=1S/C15H26N4O2/c1-2-19-12-7-13(19)9-18(8-12)15(20)17-5-3-16(4-6-17)14-10-21-11-14/h12-14H,2-11H2,1H3. The number of ether oxygens (including phenoxy) is 1. The Kier molecular flexibility index (Phi) is 3.55. The number of rotatable bonds is 2. The number of piperidine rings is 1. The monoisotopic (exact) mass is 294 g/mol. The Hall–Kier alpha value is -0.850. The highest BCUT2D eigenvalue weighted by atomic mass is 16.5. The second kappa shape index (κ2) is 5.41. The van der Waals surface area contributed by atoms with Gasteiger partial charge in [0, 0.05) is 51.4 Å². The molecule has 0 aromatic carbocycles. The molecule has 5 heterocycles. The third-order valence-electron chi connectivity index (χ3n) is 5.70. The molecule has 0 aliphatic carbocycles. The van der Waals surface area contributed by atoms with Crippen molar-refractivity contribution >= 4 is 6.03 Å². The van der Waals surface area contributed by atoms with Gasteiger partial charge >= 0.3 is 6.03 Å². The van der Waals surface area contributed by atoms with E-state index >= 15 is 0 Å². The van der Waals surface area contributed by atoms with E-state index in [1.165, 1.54) is 6.42 Å². The number of amides is 2. The van der Waals surface area contributed by atoms with Gasteiger partial charge in [0.25, 0.3) is 0 Å². The Morgan fingerprint density at radius 1 is 1.00 bits per heavy atom. The number of piperazine rings is 2. The van der Waals surface area contributed by atoms with Crippen LogP contribution < -0.4 is 0 Å². The van der Waals surface area contributed by atoms with E-state index in [-0.39, 0.29) is 6.03 Å². The first-order valence-electron chi connectivity index (χ1n) is 8.37. The van der Waals surface area contributed by atoms with Gasteiger partial charge in [0.05, 0.1) is 19.3 Å². The fourth-order valence-corrected chi connectivity index (χ4v) is 4.27. The number of likely N-dealkylation sites (N-methyl/N-ethyl adjacent to an activating group) is 1. The van der Waals surface area contributed by atoms with Gasteiger partial charge in [0.15, 0.2) is 0 Å². The minimum atomic E-state index is 0.268. The van der Waals surface area contributed by atoms with Gasteiger partial charge in [-0.25, -0.2) is 4.79 Å². The molecule has 0 aromatic heterocycles. The lowest BCUT2D eigenvalue weighted by Gasteiger charge is -2.56. The van der Waals surface area contributed by atoms with Crippen LogP contribution in [0, 0.1) is 0 Å². The first-order chi connectivity index (χ1) is 10.3. The van der Waals surface area contributed by atoms with E-state index in [0.29, 0.717) is 18.1 Å². The predicted octanol–water partition coefficient (Wildman–Crippen LogP) is -0.0988. The van der Waals surface area contributed by atoms with E-state index in [9.17, 15) is 4.79 Å². The lowest BCUT2D eigenvalue weighted by Crippen LogP contribution is -2.70. The molecule has 2 bridgehead atoms. The summed E-state index contributed by atoms with van der Waals surface area (Å²) in [6.07, 6.45) is 1.28. The second-order valence-electron chi connectivity index (χ2n) is 6.78. The van der Waals surface area contributed by atoms with Crippen LogP contribution in [-0.4, -0.2) is 103 Å². The SMILES string of the molecule is CCN1C2CC1CN(C(=O)N1CCN(C3COC3)CC1)C2. The van der Waals surface area contributed by atoms with E-state index in [1.54, 1.807) is 0 Å². The fraction of sp³-hybridized carbons (Fsp3) is 0.933. The summed E-state index contributed by atoms with van der Waals surface area (Å²) in [7, 11) is 0. The lowest BCUT2D eigenvalue weighted by atomic mass is 9.88. The molecule has 118 valence electrons. The van der Waals surface area contributed by atoms with Crippen LogP contribution in [0.3, 0.4) is 0 Å². The summed E-state index contributed by atoms with van der Waals surface area (Å²) in [5.41, 5.74) is 0. The average molecular weight is 294 g/mol. The zero-order valence-corrected chi connectivity index (χ0v) is 12.9. The number of nitrogens with zero attached hydrogens (tertiary/aromatic N) is 4. The van der Waals surface area contributed by atoms with Crippen LogP contribution in [0.2, 0.25) is 0 Å². The van der Waals surface area contributed by atoms with Gasteiger partial charge in [-0.15, -0.1) is 0 Å². The van der Waals surface area contributed by atoms with Crippen molar-refractivity contribution in [2.24, 2.45) is 0 Å². The number of hydrogen-bond donors (Lipinski definition) is 0. The Bertz CT molecular complexity index is 394. The topological polar surface area (TPSA) is 39.3 Å². The number of fused-ring (bicyclic) bond motifs is 2. The Balaban J connectivity index is 1.28. The molecule has 5 aliphatic rings.